The Morgan fingerprint density at radius 2 is 1.81 bits per heavy atom. The van der Waals surface area contributed by atoms with E-state index in [9.17, 15) is 9.59 Å². The van der Waals surface area contributed by atoms with Crippen molar-refractivity contribution in [2.45, 2.75) is 31.6 Å². The predicted molar refractivity (Wildman–Crippen MR) is 67.2 cm³/mol. The molecule has 0 saturated heterocycles. The first kappa shape index (κ1) is 12.8. The number of carbonyl (C=O) groups is 2. The molecule has 2 rings (SSSR count). The normalized spacial score (nSPS) is 12.7. The quantitative estimate of drug-likeness (QED) is 0.582. The van der Waals surface area contributed by atoms with Crippen molar-refractivity contribution in [1.82, 2.24) is 0 Å². The smallest absolute Gasteiger partial charge is 0.296 e. The van der Waals surface area contributed by atoms with Crippen LogP contribution >= 0.6 is 12.6 Å². The monoisotopic (exact) mass is 237 g/mol. The molecular formula is C12H15NO2S. The molecule has 0 bridgehead atoms. The number of ketones is 1. The number of rotatable bonds is 1. The molecule has 86 valence electrons. The molecule has 0 atom stereocenters. The van der Waals surface area contributed by atoms with Gasteiger partial charge in [0.25, 0.3) is 11.7 Å². The molecule has 1 aliphatic heterocycles. The predicted octanol–water partition coefficient (Wildman–Crippen LogP) is 2.92. The van der Waals surface area contributed by atoms with Gasteiger partial charge < -0.3 is 5.32 Å². The topological polar surface area (TPSA) is 46.2 Å². The number of fused-ring (bicyclic) bond motifs is 1. The minimum Gasteiger partial charge on any atom is -0.318 e. The Kier molecular flexibility index (Phi) is 4.55. The van der Waals surface area contributed by atoms with Gasteiger partial charge in [-0.25, -0.2) is 0 Å². The molecule has 1 aromatic carbocycles. The molecule has 0 radical (unpaired) electrons. The highest BCUT2D eigenvalue weighted by Crippen LogP contribution is 2.24. The highest BCUT2D eigenvalue weighted by Gasteiger charge is 2.27. The summed E-state index contributed by atoms with van der Waals surface area (Å²) in [6.07, 6.45) is 2.64. The molecular weight excluding hydrogens is 222 g/mol. The summed E-state index contributed by atoms with van der Waals surface area (Å²) in [7, 11) is 0. The van der Waals surface area contributed by atoms with Gasteiger partial charge in [0.15, 0.2) is 0 Å². The summed E-state index contributed by atoms with van der Waals surface area (Å²) in [5, 5.41) is 2.45. The van der Waals surface area contributed by atoms with Crippen molar-refractivity contribution in [1.29, 1.82) is 0 Å². The van der Waals surface area contributed by atoms with Crippen molar-refractivity contribution in [2.24, 2.45) is 0 Å². The molecule has 3 nitrogen and oxygen atoms in total. The lowest BCUT2D eigenvalue weighted by molar-refractivity contribution is -0.112. The molecule has 1 N–H and O–H groups in total. The molecule has 16 heavy (non-hydrogen) atoms. The van der Waals surface area contributed by atoms with E-state index >= 15 is 0 Å². The summed E-state index contributed by atoms with van der Waals surface area (Å²) in [6, 6.07) is 4.97. The van der Waals surface area contributed by atoms with E-state index in [2.05, 4.69) is 31.8 Å². The average Bonchev–Trinajstić information content (AvgIpc) is 2.56. The second-order valence-corrected chi connectivity index (χ2v) is 4.03. The number of unbranched alkanes of at least 4 members (excludes halogenated alkanes) is 1. The van der Waals surface area contributed by atoms with E-state index < -0.39 is 11.7 Å². The van der Waals surface area contributed by atoms with Gasteiger partial charge in [-0.15, -0.1) is 12.6 Å². The first-order valence-corrected chi connectivity index (χ1v) is 5.73. The number of hydrogen-bond acceptors (Lipinski definition) is 3. The summed E-state index contributed by atoms with van der Waals surface area (Å²) in [4.78, 5) is 22.6. The van der Waals surface area contributed by atoms with Crippen LogP contribution in [0.1, 0.15) is 37.0 Å². The molecule has 1 aliphatic rings. The summed E-state index contributed by atoms with van der Waals surface area (Å²) in [5.41, 5.74) is 0.982. The van der Waals surface area contributed by atoms with Gasteiger partial charge in [-0.3, -0.25) is 9.59 Å². The van der Waals surface area contributed by atoms with Crippen molar-refractivity contribution in [3.63, 3.8) is 0 Å². The highest BCUT2D eigenvalue weighted by molar-refractivity contribution is 7.80. The zero-order chi connectivity index (χ0) is 12.1. The van der Waals surface area contributed by atoms with E-state index in [0.717, 1.165) is 0 Å². The van der Waals surface area contributed by atoms with E-state index in [0.29, 0.717) is 16.1 Å². The lowest BCUT2D eigenvalue weighted by Gasteiger charge is -1.95. The minimum absolute atomic E-state index is 0.410. The second kappa shape index (κ2) is 5.70. The van der Waals surface area contributed by atoms with Gasteiger partial charge in [0.2, 0.25) is 0 Å². The fourth-order valence-electron chi connectivity index (χ4n) is 1.13. The Hall–Kier alpha value is -1.29. The van der Waals surface area contributed by atoms with E-state index in [-0.39, 0.29) is 0 Å². The molecule has 0 spiro atoms. The number of Topliss-reactive ketones (excluding diaryl/α,β-unsaturated/α-hetero) is 1. The summed E-state index contributed by atoms with van der Waals surface area (Å²) < 4.78 is 0. The van der Waals surface area contributed by atoms with Crippen molar-refractivity contribution >= 4 is 30.0 Å². The third-order valence-electron chi connectivity index (χ3n) is 2.20. The van der Waals surface area contributed by atoms with Gasteiger partial charge in [0.05, 0.1) is 11.3 Å². The Bertz CT molecular complexity index is 413. The Balaban J connectivity index is 0.000000280. The van der Waals surface area contributed by atoms with Crippen molar-refractivity contribution in [3.05, 3.63) is 23.8 Å². The van der Waals surface area contributed by atoms with Crippen molar-refractivity contribution in [2.75, 3.05) is 5.32 Å². The van der Waals surface area contributed by atoms with E-state index in [1.165, 1.54) is 12.8 Å². The molecule has 0 unspecified atom stereocenters. The van der Waals surface area contributed by atoms with Crippen LogP contribution in [-0.4, -0.2) is 11.7 Å². The summed E-state index contributed by atoms with van der Waals surface area (Å²) >= 11 is 4.06. The summed E-state index contributed by atoms with van der Waals surface area (Å²) in [5.74, 6) is -1.05. The molecule has 0 aliphatic carbocycles. The standard InChI is InChI=1S/C8H5NO2S.C4H10/c10-7-5-3-4(12)1-2-6(5)9-8(7)11;1-3-4-2/h1-3,12H,(H,9,10,11);3-4H2,1-2H3. The van der Waals surface area contributed by atoms with E-state index in [4.69, 9.17) is 0 Å². The zero-order valence-electron chi connectivity index (χ0n) is 9.41. The number of thiol groups is 1. The van der Waals surface area contributed by atoms with Crippen LogP contribution in [0.25, 0.3) is 0 Å². The summed E-state index contributed by atoms with van der Waals surface area (Å²) in [6.45, 7) is 4.36. The van der Waals surface area contributed by atoms with Crippen LogP contribution < -0.4 is 5.32 Å². The lowest BCUT2D eigenvalue weighted by atomic mass is 10.1. The van der Waals surface area contributed by atoms with Gasteiger partial charge in [-0.2, -0.15) is 0 Å². The third kappa shape index (κ3) is 2.85. The number of amides is 1. The molecule has 1 heterocycles. The first-order valence-electron chi connectivity index (χ1n) is 5.28. The Morgan fingerprint density at radius 1 is 1.19 bits per heavy atom. The van der Waals surface area contributed by atoms with Crippen LogP contribution in [0.5, 0.6) is 0 Å². The van der Waals surface area contributed by atoms with Crippen LogP contribution in [0.4, 0.5) is 5.69 Å². The highest BCUT2D eigenvalue weighted by atomic mass is 32.1. The molecule has 0 fully saturated rings. The van der Waals surface area contributed by atoms with Crippen molar-refractivity contribution < 1.29 is 9.59 Å². The van der Waals surface area contributed by atoms with Crippen LogP contribution in [0.2, 0.25) is 0 Å². The van der Waals surface area contributed by atoms with Crippen LogP contribution in [0.3, 0.4) is 0 Å². The van der Waals surface area contributed by atoms with Crippen LogP contribution in [0, 0.1) is 0 Å². The Labute approximate surface area is 101 Å². The maximum absolute atomic E-state index is 11.1. The van der Waals surface area contributed by atoms with Gasteiger partial charge in [-0.1, -0.05) is 26.7 Å². The number of hydrogen-bond donors (Lipinski definition) is 2. The van der Waals surface area contributed by atoms with Gasteiger partial charge in [0, 0.05) is 4.90 Å². The number of benzene rings is 1. The lowest BCUT2D eigenvalue weighted by Crippen LogP contribution is -2.12. The molecule has 0 saturated carbocycles. The number of nitrogens with one attached hydrogen (secondary N) is 1. The van der Waals surface area contributed by atoms with Gasteiger partial charge >= 0.3 is 0 Å². The maximum atomic E-state index is 11.1. The molecule has 1 aromatic rings. The fourth-order valence-corrected chi connectivity index (χ4v) is 1.33. The molecule has 0 aromatic heterocycles. The Morgan fingerprint density at radius 3 is 2.38 bits per heavy atom. The van der Waals surface area contributed by atoms with Crippen LogP contribution in [0.15, 0.2) is 23.1 Å². The molecule has 4 heteroatoms. The first-order chi connectivity index (χ1) is 7.60. The number of anilines is 1. The largest absolute Gasteiger partial charge is 0.318 e. The SMILES string of the molecule is CCCC.O=C1Nc2ccc(S)cc2C1=O. The number of carbonyl (C=O) groups excluding carboxylic acids is 2. The fraction of sp³-hybridized carbons (Fsp3) is 0.333. The van der Waals surface area contributed by atoms with Gasteiger partial charge in [0.1, 0.15) is 0 Å². The van der Waals surface area contributed by atoms with Crippen molar-refractivity contribution in [3.8, 4) is 0 Å². The maximum Gasteiger partial charge on any atom is 0.296 e. The zero-order valence-corrected chi connectivity index (χ0v) is 10.3. The average molecular weight is 237 g/mol. The third-order valence-corrected chi connectivity index (χ3v) is 2.48. The van der Waals surface area contributed by atoms with E-state index in [1.807, 2.05) is 0 Å². The van der Waals surface area contributed by atoms with Gasteiger partial charge in [-0.05, 0) is 18.2 Å². The van der Waals surface area contributed by atoms with Crippen LogP contribution in [-0.2, 0) is 4.79 Å². The van der Waals surface area contributed by atoms with E-state index in [1.54, 1.807) is 18.2 Å². The second-order valence-electron chi connectivity index (χ2n) is 3.51. The molecule has 1 amide bonds. The minimum atomic E-state index is -0.566.